The Bertz CT molecular complexity index is 460. The van der Waals surface area contributed by atoms with Gasteiger partial charge in [-0.2, -0.15) is 0 Å². The minimum Gasteiger partial charge on any atom is -0.366 e. The van der Waals surface area contributed by atoms with Gasteiger partial charge in [0.15, 0.2) is 0 Å². The van der Waals surface area contributed by atoms with E-state index in [0.717, 1.165) is 31.0 Å². The molecule has 2 heterocycles. The largest absolute Gasteiger partial charge is 0.366 e. The Balaban J connectivity index is 2.25. The Labute approximate surface area is 107 Å². The molecule has 0 bridgehead atoms. The number of carbonyl (C=O) groups excluding carboxylic acids is 1. The summed E-state index contributed by atoms with van der Waals surface area (Å²) in [4.78, 5) is 17.9. The second kappa shape index (κ2) is 4.94. The van der Waals surface area contributed by atoms with E-state index in [0.29, 0.717) is 11.5 Å². The van der Waals surface area contributed by atoms with Crippen LogP contribution in [0.2, 0.25) is 0 Å². The average Bonchev–Trinajstić information content (AvgIpc) is 2.31. The Morgan fingerprint density at radius 3 is 2.83 bits per heavy atom. The quantitative estimate of drug-likeness (QED) is 0.805. The van der Waals surface area contributed by atoms with E-state index in [2.05, 4.69) is 16.8 Å². The van der Waals surface area contributed by atoms with Gasteiger partial charge in [0, 0.05) is 30.4 Å². The first-order valence-corrected chi connectivity index (χ1v) is 6.26. The molecule has 98 valence electrons. The van der Waals surface area contributed by atoms with Crippen LogP contribution in [0.25, 0.3) is 0 Å². The van der Waals surface area contributed by atoms with Crippen LogP contribution >= 0.6 is 0 Å². The zero-order chi connectivity index (χ0) is 13.3. The van der Waals surface area contributed by atoms with Gasteiger partial charge in [0.1, 0.15) is 5.82 Å². The maximum atomic E-state index is 11.3. The van der Waals surface area contributed by atoms with Gasteiger partial charge in [-0.25, -0.2) is 4.98 Å². The van der Waals surface area contributed by atoms with Gasteiger partial charge < -0.3 is 16.4 Å². The lowest BCUT2D eigenvalue weighted by Gasteiger charge is -2.36. The van der Waals surface area contributed by atoms with E-state index in [4.69, 9.17) is 11.5 Å². The fourth-order valence-corrected chi connectivity index (χ4v) is 2.33. The van der Waals surface area contributed by atoms with Crippen LogP contribution in [0, 0.1) is 12.8 Å². The molecule has 2 rings (SSSR count). The van der Waals surface area contributed by atoms with Gasteiger partial charge in [0.05, 0.1) is 0 Å². The van der Waals surface area contributed by atoms with Gasteiger partial charge in [-0.3, -0.25) is 4.79 Å². The second-order valence-corrected chi connectivity index (χ2v) is 5.10. The molecule has 5 heteroatoms. The number of amides is 1. The van der Waals surface area contributed by atoms with E-state index in [1.165, 1.54) is 0 Å². The summed E-state index contributed by atoms with van der Waals surface area (Å²) in [5.41, 5.74) is 12.7. The van der Waals surface area contributed by atoms with Crippen molar-refractivity contribution in [2.24, 2.45) is 17.4 Å². The number of carbonyl (C=O) groups is 1. The molecule has 5 nitrogen and oxygen atoms in total. The first-order chi connectivity index (χ1) is 8.47. The van der Waals surface area contributed by atoms with Crippen LogP contribution in [0.4, 0.5) is 5.82 Å². The van der Waals surface area contributed by atoms with Gasteiger partial charge in [0.2, 0.25) is 5.91 Å². The highest BCUT2D eigenvalue weighted by atomic mass is 16.1. The highest BCUT2D eigenvalue weighted by molar-refractivity contribution is 5.93. The number of rotatable bonds is 2. The standard InChI is InChI=1S/C13H20N4O/c1-8-7-17(4-3-11(8)14)12-6-10(13(15)18)5-9(2)16-12/h5-6,8,11H,3-4,7,14H2,1-2H3,(H2,15,18). The van der Waals surface area contributed by atoms with Gasteiger partial charge in [0.25, 0.3) is 0 Å². The second-order valence-electron chi connectivity index (χ2n) is 5.10. The molecule has 0 saturated carbocycles. The van der Waals surface area contributed by atoms with Crippen LogP contribution in [-0.2, 0) is 0 Å². The van der Waals surface area contributed by atoms with E-state index >= 15 is 0 Å². The van der Waals surface area contributed by atoms with Crippen LogP contribution in [0.1, 0.15) is 29.4 Å². The molecule has 1 fully saturated rings. The first kappa shape index (κ1) is 12.8. The topological polar surface area (TPSA) is 85.2 Å². The third-order valence-corrected chi connectivity index (χ3v) is 3.52. The monoisotopic (exact) mass is 248 g/mol. The molecule has 1 aliphatic heterocycles. The van der Waals surface area contributed by atoms with Crippen LogP contribution in [-0.4, -0.2) is 30.0 Å². The predicted molar refractivity (Wildman–Crippen MR) is 71.5 cm³/mol. The van der Waals surface area contributed by atoms with Crippen LogP contribution in [0.15, 0.2) is 12.1 Å². The number of piperidine rings is 1. The predicted octanol–water partition coefficient (Wildman–Crippen LogP) is 0.662. The SMILES string of the molecule is Cc1cc(C(N)=O)cc(N2CCC(N)C(C)C2)n1. The van der Waals surface area contributed by atoms with Crippen molar-refractivity contribution in [3.63, 3.8) is 0 Å². The lowest BCUT2D eigenvalue weighted by Crippen LogP contribution is -2.46. The summed E-state index contributed by atoms with van der Waals surface area (Å²) >= 11 is 0. The minimum atomic E-state index is -0.413. The van der Waals surface area contributed by atoms with Crippen molar-refractivity contribution in [1.29, 1.82) is 0 Å². The van der Waals surface area contributed by atoms with Gasteiger partial charge in [-0.1, -0.05) is 6.92 Å². The fraction of sp³-hybridized carbons (Fsp3) is 0.538. The van der Waals surface area contributed by atoms with Crippen molar-refractivity contribution >= 4 is 11.7 Å². The van der Waals surface area contributed by atoms with E-state index in [-0.39, 0.29) is 6.04 Å². The maximum Gasteiger partial charge on any atom is 0.248 e. The number of primary amides is 1. The number of hydrogen-bond acceptors (Lipinski definition) is 4. The van der Waals surface area contributed by atoms with Crippen molar-refractivity contribution in [3.05, 3.63) is 23.4 Å². The van der Waals surface area contributed by atoms with Crippen LogP contribution in [0.5, 0.6) is 0 Å². The zero-order valence-corrected chi connectivity index (χ0v) is 10.9. The number of nitrogens with two attached hydrogens (primary N) is 2. The molecule has 1 saturated heterocycles. The van der Waals surface area contributed by atoms with E-state index < -0.39 is 5.91 Å². The smallest absolute Gasteiger partial charge is 0.248 e. The van der Waals surface area contributed by atoms with Crippen LogP contribution in [0.3, 0.4) is 0 Å². The molecule has 1 aromatic rings. The van der Waals surface area contributed by atoms with Crippen molar-refractivity contribution in [1.82, 2.24) is 4.98 Å². The molecule has 0 spiro atoms. The summed E-state index contributed by atoms with van der Waals surface area (Å²) < 4.78 is 0. The molecule has 0 aromatic carbocycles. The summed E-state index contributed by atoms with van der Waals surface area (Å²) in [6.07, 6.45) is 0.947. The number of nitrogens with zero attached hydrogens (tertiary/aromatic N) is 2. The lowest BCUT2D eigenvalue weighted by molar-refractivity contribution is 0.1000. The van der Waals surface area contributed by atoms with Gasteiger partial charge >= 0.3 is 0 Å². The summed E-state index contributed by atoms with van der Waals surface area (Å²) in [7, 11) is 0. The van der Waals surface area contributed by atoms with Gasteiger partial charge in [-0.05, 0) is 31.4 Å². The Morgan fingerprint density at radius 1 is 1.50 bits per heavy atom. The lowest BCUT2D eigenvalue weighted by atomic mass is 9.95. The molecular weight excluding hydrogens is 228 g/mol. The van der Waals surface area contributed by atoms with Crippen LogP contribution < -0.4 is 16.4 Å². The molecule has 2 unspecified atom stereocenters. The summed E-state index contributed by atoms with van der Waals surface area (Å²) in [6.45, 7) is 5.76. The highest BCUT2D eigenvalue weighted by Crippen LogP contribution is 2.22. The third-order valence-electron chi connectivity index (χ3n) is 3.52. The van der Waals surface area contributed by atoms with E-state index in [1.807, 2.05) is 6.92 Å². The highest BCUT2D eigenvalue weighted by Gasteiger charge is 2.24. The minimum absolute atomic E-state index is 0.252. The molecule has 0 radical (unpaired) electrons. The van der Waals surface area contributed by atoms with Gasteiger partial charge in [-0.15, -0.1) is 0 Å². The molecule has 1 aromatic heterocycles. The molecule has 4 N–H and O–H groups in total. The Kier molecular flexibility index (Phi) is 3.52. The average molecular weight is 248 g/mol. The van der Waals surface area contributed by atoms with Crippen molar-refractivity contribution in [3.8, 4) is 0 Å². The number of aryl methyl sites for hydroxylation is 1. The number of hydrogen-bond donors (Lipinski definition) is 2. The summed E-state index contributed by atoms with van der Waals surface area (Å²) in [5, 5.41) is 0. The molecule has 0 aliphatic carbocycles. The normalized spacial score (nSPS) is 24.1. The third kappa shape index (κ3) is 2.61. The molecule has 18 heavy (non-hydrogen) atoms. The molecule has 2 atom stereocenters. The first-order valence-electron chi connectivity index (χ1n) is 6.26. The summed E-state index contributed by atoms with van der Waals surface area (Å²) in [6, 6.07) is 3.73. The van der Waals surface area contributed by atoms with E-state index in [1.54, 1.807) is 12.1 Å². The van der Waals surface area contributed by atoms with E-state index in [9.17, 15) is 4.79 Å². The molecule has 1 aliphatic rings. The number of aromatic nitrogens is 1. The zero-order valence-electron chi connectivity index (χ0n) is 10.9. The number of pyridine rings is 1. The Hall–Kier alpha value is -1.62. The van der Waals surface area contributed by atoms with Crippen molar-refractivity contribution < 1.29 is 4.79 Å². The maximum absolute atomic E-state index is 11.3. The fourth-order valence-electron chi connectivity index (χ4n) is 2.33. The summed E-state index contributed by atoms with van der Waals surface area (Å²) in [5.74, 6) is 0.837. The number of anilines is 1. The van der Waals surface area contributed by atoms with Crippen molar-refractivity contribution in [2.45, 2.75) is 26.3 Å². The molecule has 1 amide bonds. The Morgan fingerprint density at radius 2 is 2.22 bits per heavy atom. The van der Waals surface area contributed by atoms with Crippen molar-refractivity contribution in [2.75, 3.05) is 18.0 Å². The molecular formula is C13H20N4O.